The smallest absolute Gasteiger partial charge is 0.253 e. The third-order valence-electron chi connectivity index (χ3n) is 6.69. The second-order valence-electron chi connectivity index (χ2n) is 8.64. The van der Waals surface area contributed by atoms with Crippen molar-refractivity contribution in [2.75, 3.05) is 11.9 Å². The molecule has 2 bridgehead atoms. The van der Waals surface area contributed by atoms with Crippen LogP contribution < -0.4 is 10.5 Å². The largest absolute Gasteiger partial charge is 0.507 e. The molecule has 2 saturated carbocycles. The van der Waals surface area contributed by atoms with Crippen molar-refractivity contribution in [2.24, 2.45) is 18.9 Å². The summed E-state index contributed by atoms with van der Waals surface area (Å²) in [6.45, 7) is 0. The van der Waals surface area contributed by atoms with E-state index in [2.05, 4.69) is 15.2 Å². The molecule has 0 amide bonds. The molecule has 3 aromatic rings. The maximum absolute atomic E-state index is 15.0. The Bertz CT molecular complexity index is 1180. The highest BCUT2D eigenvalue weighted by atomic mass is 32.1. The van der Waals surface area contributed by atoms with Gasteiger partial charge in [-0.25, -0.2) is 9.37 Å². The van der Waals surface area contributed by atoms with Crippen LogP contribution in [0.1, 0.15) is 25.7 Å². The van der Waals surface area contributed by atoms with Crippen LogP contribution in [0.2, 0.25) is 0 Å². The standard InChI is InChI=1S/C22H24FN5O2S/c1-27-11-24-16(10-19(27)30)13-5-6-15(18(29)9-13)21-25-26-22(31-21)28(2)17-8-12-3-4-14(7-12)20(17)23/h5-6,9-12,14,17,20,29H,3-4,7-8H2,1-2H3/t12-,14+,17+,20-/m0/s1. The van der Waals surface area contributed by atoms with Crippen molar-refractivity contribution in [2.45, 2.75) is 37.9 Å². The summed E-state index contributed by atoms with van der Waals surface area (Å²) >= 11 is 1.34. The Kier molecular flexibility index (Phi) is 5.00. The third-order valence-corrected chi connectivity index (χ3v) is 7.74. The molecule has 162 valence electrons. The summed E-state index contributed by atoms with van der Waals surface area (Å²) < 4.78 is 16.4. The number of rotatable bonds is 4. The number of halogens is 1. The van der Waals surface area contributed by atoms with E-state index in [-0.39, 0.29) is 23.3 Å². The van der Waals surface area contributed by atoms with Gasteiger partial charge in [-0.05, 0) is 49.7 Å². The normalized spacial score (nSPS) is 25.0. The van der Waals surface area contributed by atoms with Crippen molar-refractivity contribution >= 4 is 16.5 Å². The number of fused-ring (bicyclic) bond motifs is 2. The van der Waals surface area contributed by atoms with Gasteiger partial charge in [0, 0.05) is 25.7 Å². The molecule has 0 saturated heterocycles. The quantitative estimate of drug-likeness (QED) is 0.666. The predicted molar refractivity (Wildman–Crippen MR) is 118 cm³/mol. The molecule has 1 N–H and O–H groups in total. The Morgan fingerprint density at radius 3 is 2.84 bits per heavy atom. The number of aryl methyl sites for hydroxylation is 1. The van der Waals surface area contributed by atoms with E-state index in [4.69, 9.17) is 0 Å². The molecule has 0 radical (unpaired) electrons. The summed E-state index contributed by atoms with van der Waals surface area (Å²) in [5.41, 5.74) is 1.50. The first-order valence-electron chi connectivity index (χ1n) is 10.5. The van der Waals surface area contributed by atoms with Gasteiger partial charge in [-0.1, -0.05) is 17.4 Å². The van der Waals surface area contributed by atoms with Gasteiger partial charge >= 0.3 is 0 Å². The van der Waals surface area contributed by atoms with Crippen LogP contribution in [-0.4, -0.2) is 44.1 Å². The van der Waals surface area contributed by atoms with Gasteiger partial charge in [0.1, 0.15) is 11.9 Å². The van der Waals surface area contributed by atoms with Crippen LogP contribution in [0.15, 0.2) is 35.4 Å². The number of alkyl halides is 1. The van der Waals surface area contributed by atoms with Crippen LogP contribution >= 0.6 is 11.3 Å². The zero-order chi connectivity index (χ0) is 21.7. The van der Waals surface area contributed by atoms with Crippen molar-refractivity contribution in [3.05, 3.63) is 40.9 Å². The van der Waals surface area contributed by atoms with Gasteiger partial charge in [0.05, 0.1) is 23.6 Å². The van der Waals surface area contributed by atoms with Gasteiger partial charge in [-0.3, -0.25) is 4.79 Å². The lowest BCUT2D eigenvalue weighted by atomic mass is 9.83. The van der Waals surface area contributed by atoms with E-state index in [0.29, 0.717) is 32.9 Å². The monoisotopic (exact) mass is 441 g/mol. The Labute approximate surface area is 183 Å². The zero-order valence-corrected chi connectivity index (χ0v) is 18.2. The fraction of sp³-hybridized carbons (Fsp3) is 0.455. The maximum atomic E-state index is 15.0. The summed E-state index contributed by atoms with van der Waals surface area (Å²) in [4.78, 5) is 18.0. The molecule has 5 rings (SSSR count). The molecule has 2 aliphatic carbocycles. The minimum absolute atomic E-state index is 0.0319. The summed E-state index contributed by atoms with van der Waals surface area (Å²) in [6.07, 6.45) is 4.59. The Balaban J connectivity index is 1.39. The van der Waals surface area contributed by atoms with Crippen molar-refractivity contribution < 1.29 is 9.50 Å². The number of hydrogen-bond donors (Lipinski definition) is 1. The summed E-state index contributed by atoms with van der Waals surface area (Å²) in [7, 11) is 3.52. The molecule has 31 heavy (non-hydrogen) atoms. The SMILES string of the molecule is CN(c1nnc(-c2ccc(-c3cc(=O)n(C)cn3)cc2O)s1)[C@@H]1C[C@H]2CC[C@H](C2)[C@@H]1F. The molecule has 0 unspecified atom stereocenters. The van der Waals surface area contributed by atoms with Crippen LogP contribution in [0.4, 0.5) is 9.52 Å². The van der Waals surface area contributed by atoms with E-state index in [0.717, 1.165) is 25.7 Å². The van der Waals surface area contributed by atoms with Crippen molar-refractivity contribution in [1.29, 1.82) is 0 Å². The number of phenolic OH excluding ortho intramolecular Hbond substituents is 1. The van der Waals surface area contributed by atoms with Crippen LogP contribution in [-0.2, 0) is 7.05 Å². The predicted octanol–water partition coefficient (Wildman–Crippen LogP) is 3.63. The number of nitrogens with zero attached hydrogens (tertiary/aromatic N) is 5. The fourth-order valence-electron chi connectivity index (χ4n) is 4.87. The van der Waals surface area contributed by atoms with E-state index in [1.54, 1.807) is 25.2 Å². The lowest BCUT2D eigenvalue weighted by Gasteiger charge is -2.37. The fourth-order valence-corrected chi connectivity index (χ4v) is 5.77. The van der Waals surface area contributed by atoms with Crippen LogP contribution in [0, 0.1) is 11.8 Å². The van der Waals surface area contributed by atoms with Crippen LogP contribution in [0.5, 0.6) is 5.75 Å². The van der Waals surface area contributed by atoms with Gasteiger partial charge in [0.25, 0.3) is 5.56 Å². The second-order valence-corrected chi connectivity index (χ2v) is 9.60. The summed E-state index contributed by atoms with van der Waals surface area (Å²) in [5, 5.41) is 20.3. The van der Waals surface area contributed by atoms with Crippen LogP contribution in [0.25, 0.3) is 21.8 Å². The Morgan fingerprint density at radius 1 is 1.23 bits per heavy atom. The van der Waals surface area contributed by atoms with E-state index >= 15 is 0 Å². The highest BCUT2D eigenvalue weighted by Gasteiger charge is 2.44. The molecule has 0 aliphatic heterocycles. The number of hydrogen-bond acceptors (Lipinski definition) is 7. The first kappa shape index (κ1) is 20.1. The highest BCUT2D eigenvalue weighted by molar-refractivity contribution is 7.18. The van der Waals surface area contributed by atoms with Gasteiger partial charge in [-0.15, -0.1) is 10.2 Å². The molecule has 0 spiro atoms. The molecular weight excluding hydrogens is 417 g/mol. The molecule has 9 heteroatoms. The molecule has 1 aromatic carbocycles. The van der Waals surface area contributed by atoms with Gasteiger partial charge in [-0.2, -0.15) is 0 Å². The first-order chi connectivity index (χ1) is 14.9. The maximum Gasteiger partial charge on any atom is 0.253 e. The number of anilines is 1. The van der Waals surface area contributed by atoms with Crippen LogP contribution in [0.3, 0.4) is 0 Å². The Hall–Kier alpha value is -2.81. The zero-order valence-electron chi connectivity index (χ0n) is 17.4. The third kappa shape index (κ3) is 3.60. The highest BCUT2D eigenvalue weighted by Crippen LogP contribution is 2.46. The Morgan fingerprint density at radius 2 is 2.06 bits per heavy atom. The average Bonchev–Trinajstić information content (AvgIpc) is 3.40. The van der Waals surface area contributed by atoms with Crippen molar-refractivity contribution in [1.82, 2.24) is 19.7 Å². The molecule has 4 atom stereocenters. The molecule has 2 aliphatic rings. The van der Waals surface area contributed by atoms with E-state index in [1.165, 1.54) is 28.3 Å². The molecule has 2 fully saturated rings. The molecule has 2 heterocycles. The minimum atomic E-state index is -0.838. The van der Waals surface area contributed by atoms with Crippen molar-refractivity contribution in [3.63, 3.8) is 0 Å². The van der Waals surface area contributed by atoms with E-state index in [9.17, 15) is 14.3 Å². The minimum Gasteiger partial charge on any atom is -0.507 e. The lowest BCUT2D eigenvalue weighted by Crippen LogP contribution is -2.45. The summed E-state index contributed by atoms with van der Waals surface area (Å²) in [5.74, 6) is 0.805. The van der Waals surface area contributed by atoms with Crippen molar-refractivity contribution in [3.8, 4) is 27.6 Å². The molecule has 7 nitrogen and oxygen atoms in total. The number of aromatic hydroxyl groups is 1. The lowest BCUT2D eigenvalue weighted by molar-refractivity contribution is 0.144. The number of aromatic nitrogens is 4. The van der Waals surface area contributed by atoms with Gasteiger partial charge < -0.3 is 14.6 Å². The van der Waals surface area contributed by atoms with Gasteiger partial charge in [0.15, 0.2) is 5.01 Å². The van der Waals surface area contributed by atoms with E-state index < -0.39 is 6.17 Å². The molecular formula is C22H24FN5O2S. The molecule has 2 aromatic heterocycles. The van der Waals surface area contributed by atoms with Gasteiger partial charge in [0.2, 0.25) is 5.13 Å². The second kappa shape index (κ2) is 7.71. The average molecular weight is 442 g/mol. The number of benzene rings is 1. The summed E-state index contributed by atoms with van der Waals surface area (Å²) in [6, 6.07) is 6.36. The topological polar surface area (TPSA) is 84.1 Å². The van der Waals surface area contributed by atoms with E-state index in [1.807, 2.05) is 11.9 Å². The first-order valence-corrected chi connectivity index (χ1v) is 11.3. The number of phenols is 1.